The fourth-order valence-electron chi connectivity index (χ4n) is 1.75. The highest BCUT2D eigenvalue weighted by molar-refractivity contribution is 5.75. The van der Waals surface area contributed by atoms with Gasteiger partial charge >= 0.3 is 12.0 Å². The monoisotopic (exact) mass is 304 g/mol. The molecule has 2 amide bonds. The lowest BCUT2D eigenvalue weighted by Gasteiger charge is -2.29. The van der Waals surface area contributed by atoms with Crippen LogP contribution in [0.1, 0.15) is 20.8 Å². The van der Waals surface area contributed by atoms with Crippen molar-refractivity contribution >= 4 is 12.0 Å². The molecule has 0 bridgehead atoms. The first-order valence-electron chi connectivity index (χ1n) is 7.32. The number of carbonyl (C=O) groups is 2. The summed E-state index contributed by atoms with van der Waals surface area (Å²) in [6.45, 7) is 8.58. The van der Waals surface area contributed by atoms with Crippen molar-refractivity contribution in [3.05, 3.63) is 0 Å². The Labute approximate surface area is 126 Å². The minimum Gasteiger partial charge on any atom is -0.481 e. The summed E-state index contributed by atoms with van der Waals surface area (Å²) in [5.41, 5.74) is 0. The van der Waals surface area contributed by atoms with Crippen LogP contribution in [-0.4, -0.2) is 80.0 Å². The summed E-state index contributed by atoms with van der Waals surface area (Å²) >= 11 is 0. The lowest BCUT2D eigenvalue weighted by atomic mass is 10.2. The standard InChI is InChI=1S/C14H28N2O5/c1-5-20-9-7-16(8-10-21-6-2)14(19)15(4)11-12(3)13(17)18/h12H,5-11H2,1-4H3,(H,17,18). The number of aliphatic carboxylic acids is 1. The maximum Gasteiger partial charge on any atom is 0.319 e. The number of amides is 2. The van der Waals surface area contributed by atoms with Gasteiger partial charge in [-0.05, 0) is 13.8 Å². The van der Waals surface area contributed by atoms with Gasteiger partial charge in [-0.15, -0.1) is 0 Å². The number of rotatable bonds is 11. The summed E-state index contributed by atoms with van der Waals surface area (Å²) in [6, 6.07) is -0.206. The third-order valence-corrected chi connectivity index (χ3v) is 2.99. The Morgan fingerprint density at radius 3 is 1.95 bits per heavy atom. The fourth-order valence-corrected chi connectivity index (χ4v) is 1.75. The van der Waals surface area contributed by atoms with Crippen molar-refractivity contribution in [1.29, 1.82) is 0 Å². The van der Waals surface area contributed by atoms with Crippen LogP contribution >= 0.6 is 0 Å². The second kappa shape index (κ2) is 11.3. The number of hydrogen-bond acceptors (Lipinski definition) is 4. The van der Waals surface area contributed by atoms with Gasteiger partial charge in [0.15, 0.2) is 0 Å². The third-order valence-electron chi connectivity index (χ3n) is 2.99. The van der Waals surface area contributed by atoms with Crippen LogP contribution in [0.3, 0.4) is 0 Å². The normalized spacial score (nSPS) is 12.0. The van der Waals surface area contributed by atoms with Gasteiger partial charge in [-0.2, -0.15) is 0 Å². The van der Waals surface area contributed by atoms with E-state index in [1.165, 1.54) is 4.90 Å². The van der Waals surface area contributed by atoms with Gasteiger partial charge in [-0.1, -0.05) is 6.92 Å². The quantitative estimate of drug-likeness (QED) is 0.579. The highest BCUT2D eigenvalue weighted by Gasteiger charge is 2.21. The Kier molecular flexibility index (Phi) is 10.6. The molecule has 1 N–H and O–H groups in total. The molecule has 0 aliphatic rings. The molecular formula is C14H28N2O5. The van der Waals surface area contributed by atoms with Gasteiger partial charge in [0.1, 0.15) is 0 Å². The largest absolute Gasteiger partial charge is 0.481 e. The average Bonchev–Trinajstić information content (AvgIpc) is 2.45. The molecule has 0 rings (SSSR count). The first kappa shape index (κ1) is 19.7. The van der Waals surface area contributed by atoms with Gasteiger partial charge in [-0.25, -0.2) is 4.79 Å². The van der Waals surface area contributed by atoms with Crippen molar-refractivity contribution in [2.75, 3.05) is 53.1 Å². The molecule has 0 aromatic heterocycles. The van der Waals surface area contributed by atoms with Gasteiger partial charge < -0.3 is 24.4 Å². The molecule has 1 unspecified atom stereocenters. The Balaban J connectivity index is 4.47. The summed E-state index contributed by atoms with van der Waals surface area (Å²) in [5.74, 6) is -1.51. The molecule has 0 heterocycles. The highest BCUT2D eigenvalue weighted by atomic mass is 16.5. The number of hydrogen-bond donors (Lipinski definition) is 1. The zero-order valence-electron chi connectivity index (χ0n) is 13.5. The molecule has 0 aliphatic carbocycles. The van der Waals surface area contributed by atoms with E-state index in [2.05, 4.69) is 0 Å². The van der Waals surface area contributed by atoms with Crippen LogP contribution in [0.25, 0.3) is 0 Å². The Bertz CT molecular complexity index is 302. The van der Waals surface area contributed by atoms with Crippen LogP contribution in [0.5, 0.6) is 0 Å². The fraction of sp³-hybridized carbons (Fsp3) is 0.857. The number of carboxylic acid groups (broad SMARTS) is 1. The second-order valence-electron chi connectivity index (χ2n) is 4.78. The van der Waals surface area contributed by atoms with Crippen LogP contribution in [0.4, 0.5) is 4.79 Å². The summed E-state index contributed by atoms with van der Waals surface area (Å²) in [6.07, 6.45) is 0. The van der Waals surface area contributed by atoms with Crippen molar-refractivity contribution in [3.63, 3.8) is 0 Å². The van der Waals surface area contributed by atoms with Gasteiger partial charge in [0.2, 0.25) is 0 Å². The molecule has 0 saturated heterocycles. The second-order valence-corrected chi connectivity index (χ2v) is 4.78. The van der Waals surface area contributed by atoms with Crippen molar-refractivity contribution in [2.24, 2.45) is 5.92 Å². The van der Waals surface area contributed by atoms with Crippen LogP contribution in [-0.2, 0) is 14.3 Å². The zero-order valence-corrected chi connectivity index (χ0v) is 13.5. The molecule has 1 atom stereocenters. The van der Waals surface area contributed by atoms with E-state index < -0.39 is 11.9 Å². The van der Waals surface area contributed by atoms with E-state index in [0.29, 0.717) is 39.5 Å². The summed E-state index contributed by atoms with van der Waals surface area (Å²) in [5, 5.41) is 8.91. The molecule has 0 aromatic rings. The summed E-state index contributed by atoms with van der Waals surface area (Å²) < 4.78 is 10.5. The van der Waals surface area contributed by atoms with E-state index in [1.807, 2.05) is 13.8 Å². The topological polar surface area (TPSA) is 79.3 Å². The van der Waals surface area contributed by atoms with Gasteiger partial charge in [0.05, 0.1) is 19.1 Å². The van der Waals surface area contributed by atoms with Crippen molar-refractivity contribution < 1.29 is 24.2 Å². The van der Waals surface area contributed by atoms with E-state index in [4.69, 9.17) is 14.6 Å². The highest BCUT2D eigenvalue weighted by Crippen LogP contribution is 2.03. The van der Waals surface area contributed by atoms with E-state index in [0.717, 1.165) is 0 Å². The van der Waals surface area contributed by atoms with Crippen molar-refractivity contribution in [1.82, 2.24) is 9.80 Å². The number of carbonyl (C=O) groups excluding carboxylic acids is 1. The maximum absolute atomic E-state index is 12.3. The molecule has 0 aliphatic heterocycles. The lowest BCUT2D eigenvalue weighted by molar-refractivity contribution is -0.141. The molecule has 0 fully saturated rings. The van der Waals surface area contributed by atoms with E-state index in [1.54, 1.807) is 18.9 Å². The number of ether oxygens (including phenoxy) is 2. The van der Waals surface area contributed by atoms with Crippen LogP contribution in [0.2, 0.25) is 0 Å². The molecule has 0 saturated carbocycles. The summed E-state index contributed by atoms with van der Waals surface area (Å²) in [4.78, 5) is 26.2. The summed E-state index contributed by atoms with van der Waals surface area (Å²) in [7, 11) is 1.61. The van der Waals surface area contributed by atoms with E-state index >= 15 is 0 Å². The SMILES string of the molecule is CCOCCN(CCOCC)C(=O)N(C)CC(C)C(=O)O. The minimum absolute atomic E-state index is 0.175. The van der Waals surface area contributed by atoms with Gasteiger partial charge in [-0.3, -0.25) is 4.79 Å². The Morgan fingerprint density at radius 2 is 1.57 bits per heavy atom. The first-order valence-corrected chi connectivity index (χ1v) is 7.32. The van der Waals surface area contributed by atoms with Crippen molar-refractivity contribution in [2.45, 2.75) is 20.8 Å². The average molecular weight is 304 g/mol. The number of urea groups is 1. The van der Waals surface area contributed by atoms with Crippen LogP contribution in [0, 0.1) is 5.92 Å². The zero-order chi connectivity index (χ0) is 16.3. The third kappa shape index (κ3) is 8.52. The molecular weight excluding hydrogens is 276 g/mol. The molecule has 21 heavy (non-hydrogen) atoms. The molecule has 124 valence electrons. The molecule has 0 radical (unpaired) electrons. The number of nitrogens with zero attached hydrogens (tertiary/aromatic N) is 2. The van der Waals surface area contributed by atoms with Crippen LogP contribution in [0.15, 0.2) is 0 Å². The lowest BCUT2D eigenvalue weighted by Crippen LogP contribution is -2.46. The predicted octanol–water partition coefficient (Wildman–Crippen LogP) is 1.13. The Hall–Kier alpha value is -1.34. The van der Waals surface area contributed by atoms with E-state index in [9.17, 15) is 9.59 Å². The maximum atomic E-state index is 12.3. The predicted molar refractivity (Wildman–Crippen MR) is 79.4 cm³/mol. The van der Waals surface area contributed by atoms with E-state index in [-0.39, 0.29) is 12.6 Å². The number of carboxylic acids is 1. The Morgan fingerprint density at radius 1 is 1.10 bits per heavy atom. The smallest absolute Gasteiger partial charge is 0.319 e. The molecule has 0 aromatic carbocycles. The van der Waals surface area contributed by atoms with Gasteiger partial charge in [0, 0.05) is 39.9 Å². The van der Waals surface area contributed by atoms with Gasteiger partial charge in [0.25, 0.3) is 0 Å². The van der Waals surface area contributed by atoms with Crippen LogP contribution < -0.4 is 0 Å². The molecule has 7 heteroatoms. The molecule has 0 spiro atoms. The van der Waals surface area contributed by atoms with Crippen molar-refractivity contribution in [3.8, 4) is 0 Å². The molecule has 7 nitrogen and oxygen atoms in total. The minimum atomic E-state index is -0.912. The first-order chi connectivity index (χ1) is 9.93.